The molecule has 0 radical (unpaired) electrons. The third-order valence-corrected chi connectivity index (χ3v) is 5.29. The lowest BCUT2D eigenvalue weighted by molar-refractivity contribution is -0.386. The van der Waals surface area contributed by atoms with E-state index < -0.39 is 4.92 Å². The van der Waals surface area contributed by atoms with Crippen LogP contribution in [0.15, 0.2) is 78.9 Å². The molecule has 0 unspecified atom stereocenters. The summed E-state index contributed by atoms with van der Waals surface area (Å²) in [7, 11) is 0. The molecule has 1 N–H and O–H groups in total. The highest BCUT2D eigenvalue weighted by Gasteiger charge is 2.16. The molecule has 8 nitrogen and oxygen atoms in total. The van der Waals surface area contributed by atoms with Crippen LogP contribution in [0.3, 0.4) is 0 Å². The minimum atomic E-state index is -0.467. The summed E-state index contributed by atoms with van der Waals surface area (Å²) in [6, 6.07) is 23.5. The maximum Gasteiger partial charge on any atom is 0.311 e. The van der Waals surface area contributed by atoms with E-state index in [1.807, 2.05) is 48.0 Å². The van der Waals surface area contributed by atoms with Crippen molar-refractivity contribution in [3.63, 3.8) is 0 Å². The van der Waals surface area contributed by atoms with Gasteiger partial charge in [0.1, 0.15) is 6.61 Å². The number of anilines is 1. The standard InChI is InChI=1S/C26H24N4O4/c1-18-11-12-24(23(13-18)30(32)33)34-17-21-9-6-10-22(15-21)26(31)27-25-14-19(2)29(28-25)16-20-7-4-3-5-8-20/h3-15H,16-17H2,1-2H3,(H,27,28,31). The Hall–Kier alpha value is -4.46. The number of nitrogens with one attached hydrogen (secondary N) is 1. The summed E-state index contributed by atoms with van der Waals surface area (Å²) in [5, 5.41) is 18.6. The van der Waals surface area contributed by atoms with Crippen molar-refractivity contribution in [3.05, 3.63) is 117 Å². The van der Waals surface area contributed by atoms with Gasteiger partial charge in [0.25, 0.3) is 5.91 Å². The largest absolute Gasteiger partial charge is 0.482 e. The Bertz CT molecular complexity index is 1330. The van der Waals surface area contributed by atoms with Crippen LogP contribution in [0.2, 0.25) is 0 Å². The van der Waals surface area contributed by atoms with Crippen LogP contribution in [0.1, 0.15) is 32.7 Å². The van der Waals surface area contributed by atoms with Crippen molar-refractivity contribution >= 4 is 17.4 Å². The number of carbonyl (C=O) groups is 1. The molecule has 0 aliphatic carbocycles. The summed E-state index contributed by atoms with van der Waals surface area (Å²) in [5.41, 5.74) is 3.90. The first kappa shape index (κ1) is 22.7. The molecule has 0 atom stereocenters. The molecule has 0 aliphatic heterocycles. The summed E-state index contributed by atoms with van der Waals surface area (Å²) in [4.78, 5) is 23.6. The van der Waals surface area contributed by atoms with Crippen molar-refractivity contribution in [2.24, 2.45) is 0 Å². The van der Waals surface area contributed by atoms with Crippen molar-refractivity contribution in [2.45, 2.75) is 27.0 Å². The van der Waals surface area contributed by atoms with Crippen LogP contribution in [0.5, 0.6) is 5.75 Å². The molecule has 0 saturated carbocycles. The molecular weight excluding hydrogens is 432 g/mol. The zero-order valence-corrected chi connectivity index (χ0v) is 18.9. The predicted molar refractivity (Wildman–Crippen MR) is 129 cm³/mol. The van der Waals surface area contributed by atoms with E-state index >= 15 is 0 Å². The molecule has 172 valence electrons. The smallest absolute Gasteiger partial charge is 0.311 e. The molecule has 0 saturated heterocycles. The number of benzene rings is 3. The summed E-state index contributed by atoms with van der Waals surface area (Å²) < 4.78 is 7.52. The van der Waals surface area contributed by atoms with Crippen molar-refractivity contribution in [1.82, 2.24) is 9.78 Å². The number of nitro benzene ring substituents is 1. The van der Waals surface area contributed by atoms with Gasteiger partial charge in [0, 0.05) is 23.4 Å². The van der Waals surface area contributed by atoms with Gasteiger partial charge in [-0.05, 0) is 48.7 Å². The van der Waals surface area contributed by atoms with Crippen molar-refractivity contribution < 1.29 is 14.5 Å². The van der Waals surface area contributed by atoms with Gasteiger partial charge in [0.2, 0.25) is 0 Å². The molecule has 1 heterocycles. The van der Waals surface area contributed by atoms with E-state index in [0.29, 0.717) is 23.5 Å². The van der Waals surface area contributed by atoms with Gasteiger partial charge < -0.3 is 10.1 Å². The second-order valence-corrected chi connectivity index (χ2v) is 7.99. The number of rotatable bonds is 8. The molecule has 1 aromatic heterocycles. The predicted octanol–water partition coefficient (Wildman–Crippen LogP) is 5.29. The van der Waals surface area contributed by atoms with Gasteiger partial charge in [0.15, 0.2) is 11.6 Å². The first-order chi connectivity index (χ1) is 16.4. The number of aryl methyl sites for hydroxylation is 2. The topological polar surface area (TPSA) is 99.3 Å². The third-order valence-electron chi connectivity index (χ3n) is 5.29. The molecule has 1 amide bonds. The lowest BCUT2D eigenvalue weighted by Crippen LogP contribution is -2.13. The Morgan fingerprint density at radius 3 is 2.53 bits per heavy atom. The number of amides is 1. The molecule has 4 aromatic rings. The fourth-order valence-corrected chi connectivity index (χ4v) is 3.53. The first-order valence-corrected chi connectivity index (χ1v) is 10.8. The SMILES string of the molecule is Cc1ccc(OCc2cccc(C(=O)Nc3cc(C)n(Cc4ccccc4)n3)c2)c([N+](=O)[O-])c1. The van der Waals surface area contributed by atoms with Gasteiger partial charge in [-0.3, -0.25) is 19.6 Å². The Morgan fingerprint density at radius 2 is 1.76 bits per heavy atom. The lowest BCUT2D eigenvalue weighted by Gasteiger charge is -2.09. The summed E-state index contributed by atoms with van der Waals surface area (Å²) in [6.07, 6.45) is 0. The normalized spacial score (nSPS) is 10.6. The molecule has 0 spiro atoms. The van der Waals surface area contributed by atoms with Crippen LogP contribution in [-0.4, -0.2) is 20.6 Å². The Morgan fingerprint density at radius 1 is 1.00 bits per heavy atom. The minimum Gasteiger partial charge on any atom is -0.482 e. The van der Waals surface area contributed by atoms with Gasteiger partial charge >= 0.3 is 5.69 Å². The molecule has 4 rings (SSSR count). The number of hydrogen-bond donors (Lipinski definition) is 1. The molecule has 0 bridgehead atoms. The molecule has 0 aliphatic rings. The highest BCUT2D eigenvalue weighted by molar-refractivity contribution is 6.03. The van der Waals surface area contributed by atoms with Crippen LogP contribution >= 0.6 is 0 Å². The van der Waals surface area contributed by atoms with E-state index in [1.165, 1.54) is 6.07 Å². The van der Waals surface area contributed by atoms with E-state index in [4.69, 9.17) is 4.74 Å². The maximum atomic E-state index is 12.8. The average Bonchev–Trinajstić information content (AvgIpc) is 3.17. The van der Waals surface area contributed by atoms with Crippen LogP contribution in [-0.2, 0) is 13.2 Å². The van der Waals surface area contributed by atoms with Gasteiger partial charge in [0.05, 0.1) is 11.5 Å². The highest BCUT2D eigenvalue weighted by Crippen LogP contribution is 2.28. The number of aromatic nitrogens is 2. The number of nitro groups is 1. The average molecular weight is 457 g/mol. The van der Waals surface area contributed by atoms with Gasteiger partial charge in [-0.1, -0.05) is 48.5 Å². The molecular formula is C26H24N4O4. The fourth-order valence-electron chi connectivity index (χ4n) is 3.53. The molecule has 8 heteroatoms. The maximum absolute atomic E-state index is 12.8. The zero-order chi connectivity index (χ0) is 24.1. The van der Waals surface area contributed by atoms with Crippen LogP contribution in [0.4, 0.5) is 11.5 Å². The number of carbonyl (C=O) groups excluding carboxylic acids is 1. The quantitative estimate of drug-likeness (QED) is 0.287. The second kappa shape index (κ2) is 9.99. The summed E-state index contributed by atoms with van der Waals surface area (Å²) in [6.45, 7) is 4.43. The van der Waals surface area contributed by atoms with Crippen LogP contribution < -0.4 is 10.1 Å². The first-order valence-electron chi connectivity index (χ1n) is 10.8. The van der Waals surface area contributed by atoms with Crippen LogP contribution in [0.25, 0.3) is 0 Å². The molecule has 3 aromatic carbocycles. The summed E-state index contributed by atoms with van der Waals surface area (Å²) in [5.74, 6) is 0.354. The number of ether oxygens (including phenoxy) is 1. The molecule has 0 fully saturated rings. The fraction of sp³-hybridized carbons (Fsp3) is 0.154. The van der Waals surface area contributed by atoms with E-state index in [2.05, 4.69) is 10.4 Å². The van der Waals surface area contributed by atoms with Crippen molar-refractivity contribution in [1.29, 1.82) is 0 Å². The monoisotopic (exact) mass is 456 g/mol. The Labute approximate surface area is 197 Å². The van der Waals surface area contributed by atoms with Gasteiger partial charge in [-0.15, -0.1) is 0 Å². The highest BCUT2D eigenvalue weighted by atomic mass is 16.6. The van der Waals surface area contributed by atoms with Gasteiger partial charge in [-0.2, -0.15) is 5.10 Å². The van der Waals surface area contributed by atoms with Crippen LogP contribution in [0, 0.1) is 24.0 Å². The van der Waals surface area contributed by atoms with Crippen molar-refractivity contribution in [2.75, 3.05) is 5.32 Å². The number of nitrogens with zero attached hydrogens (tertiary/aromatic N) is 3. The van der Waals surface area contributed by atoms with E-state index in [0.717, 1.165) is 16.8 Å². The summed E-state index contributed by atoms with van der Waals surface area (Å²) >= 11 is 0. The third kappa shape index (κ3) is 5.47. The Kier molecular flexibility index (Phi) is 6.68. The second-order valence-electron chi connectivity index (χ2n) is 7.99. The van der Waals surface area contributed by atoms with Crippen molar-refractivity contribution in [3.8, 4) is 5.75 Å². The lowest BCUT2D eigenvalue weighted by atomic mass is 10.1. The van der Waals surface area contributed by atoms with Gasteiger partial charge in [-0.25, -0.2) is 0 Å². The van der Waals surface area contributed by atoms with E-state index in [-0.39, 0.29) is 24.0 Å². The molecule has 34 heavy (non-hydrogen) atoms. The Balaban J connectivity index is 1.43. The zero-order valence-electron chi connectivity index (χ0n) is 18.9. The minimum absolute atomic E-state index is 0.0876. The van der Waals surface area contributed by atoms with E-state index in [9.17, 15) is 14.9 Å². The van der Waals surface area contributed by atoms with E-state index in [1.54, 1.807) is 43.3 Å². The number of hydrogen-bond acceptors (Lipinski definition) is 5.